The first-order chi connectivity index (χ1) is 8.45. The summed E-state index contributed by atoms with van der Waals surface area (Å²) in [5.74, 6) is -0.145. The van der Waals surface area contributed by atoms with E-state index in [4.69, 9.17) is 5.11 Å². The minimum Gasteiger partial charge on any atom is -0.385 e. The van der Waals surface area contributed by atoms with Gasteiger partial charge in [-0.05, 0) is 0 Å². The molecule has 0 radical (unpaired) electrons. The molecule has 1 aromatic rings. The molecule has 1 unspecified atom stereocenters. The van der Waals surface area contributed by atoms with Gasteiger partial charge in [-0.2, -0.15) is 4.98 Å². The summed E-state index contributed by atoms with van der Waals surface area (Å²) < 4.78 is 24.1. The molecule has 0 aliphatic rings. The van der Waals surface area contributed by atoms with Gasteiger partial charge in [-0.1, -0.05) is 0 Å². The Bertz CT molecular complexity index is 431. The van der Waals surface area contributed by atoms with Gasteiger partial charge in [0.05, 0.1) is 4.92 Å². The monoisotopic (exact) mass is 263 g/mol. The molecule has 1 aromatic heterocycles. The summed E-state index contributed by atoms with van der Waals surface area (Å²) in [6.07, 6.45) is -3.93. The zero-order valence-electron chi connectivity index (χ0n) is 9.30. The highest BCUT2D eigenvalue weighted by atomic mass is 19.3. The van der Waals surface area contributed by atoms with E-state index in [2.05, 4.69) is 20.6 Å². The lowest BCUT2D eigenvalue weighted by molar-refractivity contribution is -0.384. The maximum absolute atomic E-state index is 12.1. The lowest BCUT2D eigenvalue weighted by Crippen LogP contribution is -2.27. The van der Waals surface area contributed by atoms with Crippen LogP contribution >= 0.6 is 0 Å². The van der Waals surface area contributed by atoms with Crippen LogP contribution < -0.4 is 10.6 Å². The predicted molar refractivity (Wildman–Crippen MR) is 58.7 cm³/mol. The van der Waals surface area contributed by atoms with Crippen LogP contribution in [-0.4, -0.2) is 46.1 Å². The number of aliphatic hydroxyl groups is 1. The topological polar surface area (TPSA) is 113 Å². The lowest BCUT2D eigenvalue weighted by atomic mass is 10.3. The Labute approximate surface area is 100 Å². The van der Waals surface area contributed by atoms with Gasteiger partial charge in [0.2, 0.25) is 11.8 Å². The zero-order chi connectivity index (χ0) is 13.7. The molecule has 8 nitrogen and oxygen atoms in total. The summed E-state index contributed by atoms with van der Waals surface area (Å²) in [7, 11) is 1.50. The van der Waals surface area contributed by atoms with Crippen LogP contribution in [0.5, 0.6) is 0 Å². The van der Waals surface area contributed by atoms with Crippen LogP contribution in [-0.2, 0) is 0 Å². The Morgan fingerprint density at radius 1 is 1.61 bits per heavy atom. The molecule has 10 heteroatoms. The number of alkyl halides is 2. The highest BCUT2D eigenvalue weighted by molar-refractivity contribution is 5.56. The SMILES string of the molecule is CNc1ncc([N+](=O)[O-])c(NCC(O)C(F)F)n1. The molecule has 1 atom stereocenters. The van der Waals surface area contributed by atoms with Gasteiger partial charge >= 0.3 is 5.69 Å². The maximum atomic E-state index is 12.1. The maximum Gasteiger partial charge on any atom is 0.329 e. The predicted octanol–water partition coefficient (Wildman–Crippen LogP) is 0.464. The molecule has 0 amide bonds. The number of aromatic nitrogens is 2. The number of hydrogen-bond donors (Lipinski definition) is 3. The third-order valence-corrected chi connectivity index (χ3v) is 1.96. The fourth-order valence-corrected chi connectivity index (χ4v) is 1.05. The van der Waals surface area contributed by atoms with Crippen LogP contribution in [0, 0.1) is 10.1 Å². The van der Waals surface area contributed by atoms with E-state index >= 15 is 0 Å². The van der Waals surface area contributed by atoms with Gasteiger partial charge in [0.25, 0.3) is 6.43 Å². The highest BCUT2D eigenvalue weighted by Gasteiger charge is 2.21. The number of nitro groups is 1. The summed E-state index contributed by atoms with van der Waals surface area (Å²) >= 11 is 0. The first kappa shape index (κ1) is 14.0. The molecule has 0 saturated heterocycles. The first-order valence-electron chi connectivity index (χ1n) is 4.85. The Morgan fingerprint density at radius 2 is 2.28 bits per heavy atom. The standard InChI is InChI=1S/C8H11F2N5O3/c1-11-8-13-2-4(15(17)18)7(14-8)12-3-5(16)6(9)10/h2,5-6,16H,3H2,1H3,(H2,11,12,13,14). The highest BCUT2D eigenvalue weighted by Crippen LogP contribution is 2.21. The number of nitrogens with one attached hydrogen (secondary N) is 2. The molecule has 0 aliphatic carbocycles. The van der Waals surface area contributed by atoms with E-state index in [0.29, 0.717) is 0 Å². The van der Waals surface area contributed by atoms with Crippen molar-refractivity contribution >= 4 is 17.5 Å². The minimum absolute atomic E-state index is 0.0923. The van der Waals surface area contributed by atoms with Crippen LogP contribution in [0.3, 0.4) is 0 Å². The van der Waals surface area contributed by atoms with E-state index < -0.39 is 29.7 Å². The van der Waals surface area contributed by atoms with E-state index in [1.807, 2.05) is 0 Å². The summed E-state index contributed by atoms with van der Waals surface area (Å²) in [5.41, 5.74) is -0.463. The van der Waals surface area contributed by atoms with Crippen molar-refractivity contribution in [3.05, 3.63) is 16.3 Å². The first-order valence-corrected chi connectivity index (χ1v) is 4.85. The molecule has 0 spiro atoms. The molecular formula is C8H11F2N5O3. The zero-order valence-corrected chi connectivity index (χ0v) is 9.30. The molecule has 3 N–H and O–H groups in total. The van der Waals surface area contributed by atoms with Gasteiger partial charge in [-0.3, -0.25) is 10.1 Å². The molecule has 1 rings (SSSR count). The number of anilines is 2. The number of halogens is 2. The Morgan fingerprint density at radius 3 is 2.78 bits per heavy atom. The fourth-order valence-electron chi connectivity index (χ4n) is 1.05. The van der Waals surface area contributed by atoms with Crippen LogP contribution in [0.1, 0.15) is 0 Å². The van der Waals surface area contributed by atoms with Crippen molar-refractivity contribution in [2.24, 2.45) is 0 Å². The molecule has 0 saturated carbocycles. The van der Waals surface area contributed by atoms with Gasteiger partial charge in [-0.25, -0.2) is 13.8 Å². The average Bonchev–Trinajstić information content (AvgIpc) is 2.34. The van der Waals surface area contributed by atoms with Crippen LogP contribution in [0.2, 0.25) is 0 Å². The van der Waals surface area contributed by atoms with Gasteiger partial charge < -0.3 is 15.7 Å². The smallest absolute Gasteiger partial charge is 0.329 e. The molecular weight excluding hydrogens is 252 g/mol. The number of nitrogens with zero attached hydrogens (tertiary/aromatic N) is 3. The van der Waals surface area contributed by atoms with E-state index in [9.17, 15) is 18.9 Å². The molecule has 1 heterocycles. The summed E-state index contributed by atoms with van der Waals surface area (Å²) in [6.45, 7) is -0.557. The van der Waals surface area contributed by atoms with Crippen LogP contribution in [0.4, 0.5) is 26.2 Å². The Kier molecular flexibility index (Phi) is 4.66. The second-order valence-electron chi connectivity index (χ2n) is 3.22. The number of rotatable bonds is 6. The summed E-state index contributed by atoms with van der Waals surface area (Å²) in [6, 6.07) is 0. The molecule has 0 fully saturated rings. The third-order valence-electron chi connectivity index (χ3n) is 1.96. The molecule has 0 aliphatic heterocycles. The molecule has 18 heavy (non-hydrogen) atoms. The van der Waals surface area contributed by atoms with E-state index in [0.717, 1.165) is 6.20 Å². The van der Waals surface area contributed by atoms with Crippen LogP contribution in [0.15, 0.2) is 6.20 Å². The van der Waals surface area contributed by atoms with E-state index in [1.165, 1.54) is 7.05 Å². The lowest BCUT2D eigenvalue weighted by Gasteiger charge is -2.11. The van der Waals surface area contributed by atoms with Crippen molar-refractivity contribution in [1.82, 2.24) is 9.97 Å². The average molecular weight is 263 g/mol. The van der Waals surface area contributed by atoms with Crippen molar-refractivity contribution in [3.63, 3.8) is 0 Å². The molecule has 100 valence electrons. The van der Waals surface area contributed by atoms with Gasteiger partial charge in [-0.15, -0.1) is 0 Å². The number of hydrogen-bond acceptors (Lipinski definition) is 7. The molecule has 0 bridgehead atoms. The fraction of sp³-hybridized carbons (Fsp3) is 0.500. The Balaban J connectivity index is 2.87. The molecule has 0 aromatic carbocycles. The minimum atomic E-state index is -2.94. The van der Waals surface area contributed by atoms with E-state index in [1.54, 1.807) is 0 Å². The second kappa shape index (κ2) is 6.00. The van der Waals surface area contributed by atoms with Crippen molar-refractivity contribution in [3.8, 4) is 0 Å². The second-order valence-corrected chi connectivity index (χ2v) is 3.22. The Hall–Kier alpha value is -2.10. The normalized spacial score (nSPS) is 12.3. The number of aliphatic hydroxyl groups excluding tert-OH is 1. The van der Waals surface area contributed by atoms with E-state index in [-0.39, 0.29) is 11.8 Å². The largest absolute Gasteiger partial charge is 0.385 e. The van der Waals surface area contributed by atoms with Gasteiger partial charge in [0.15, 0.2) is 0 Å². The van der Waals surface area contributed by atoms with Crippen molar-refractivity contribution in [2.45, 2.75) is 12.5 Å². The van der Waals surface area contributed by atoms with Crippen LogP contribution in [0.25, 0.3) is 0 Å². The van der Waals surface area contributed by atoms with Gasteiger partial charge in [0, 0.05) is 13.6 Å². The van der Waals surface area contributed by atoms with Gasteiger partial charge in [0.1, 0.15) is 12.3 Å². The van der Waals surface area contributed by atoms with Crippen molar-refractivity contribution in [1.29, 1.82) is 0 Å². The summed E-state index contributed by atoms with van der Waals surface area (Å²) in [5, 5.41) is 24.4. The third kappa shape index (κ3) is 3.45. The quantitative estimate of drug-likeness (QED) is 0.504. The van der Waals surface area contributed by atoms with Crippen molar-refractivity contribution < 1.29 is 18.8 Å². The summed E-state index contributed by atoms with van der Waals surface area (Å²) in [4.78, 5) is 17.2. The van der Waals surface area contributed by atoms with Crippen molar-refractivity contribution in [2.75, 3.05) is 24.2 Å².